The van der Waals surface area contributed by atoms with Crippen LogP contribution in [0.3, 0.4) is 0 Å². The van der Waals surface area contributed by atoms with Crippen molar-refractivity contribution >= 4 is 5.91 Å². The molecule has 0 spiro atoms. The van der Waals surface area contributed by atoms with Gasteiger partial charge in [0.2, 0.25) is 0 Å². The molecule has 27 heavy (non-hydrogen) atoms. The molecule has 1 aromatic heterocycles. The SMILES string of the molecule is Cc1oc(-c2ccccc2)c(-c2cccc(-c3ccccc3)c2)c1C(N)=O. The van der Waals surface area contributed by atoms with Gasteiger partial charge in [0.15, 0.2) is 0 Å². The van der Waals surface area contributed by atoms with Gasteiger partial charge in [0.05, 0.1) is 5.56 Å². The Hall–Kier alpha value is -3.59. The Kier molecular flexibility index (Phi) is 4.35. The van der Waals surface area contributed by atoms with E-state index in [9.17, 15) is 4.79 Å². The summed E-state index contributed by atoms with van der Waals surface area (Å²) in [5.74, 6) is 0.701. The third-order valence-electron chi connectivity index (χ3n) is 4.63. The zero-order valence-corrected chi connectivity index (χ0v) is 15.0. The lowest BCUT2D eigenvalue weighted by Crippen LogP contribution is -2.12. The van der Waals surface area contributed by atoms with Gasteiger partial charge < -0.3 is 10.2 Å². The van der Waals surface area contributed by atoms with Crippen LogP contribution in [0.4, 0.5) is 0 Å². The van der Waals surface area contributed by atoms with Gasteiger partial charge in [-0.05, 0) is 29.7 Å². The van der Waals surface area contributed by atoms with E-state index in [1.807, 2.05) is 60.7 Å². The Balaban J connectivity index is 1.95. The van der Waals surface area contributed by atoms with Gasteiger partial charge in [-0.1, -0.05) is 78.9 Å². The molecule has 1 amide bonds. The van der Waals surface area contributed by atoms with Crippen molar-refractivity contribution in [3.8, 4) is 33.6 Å². The molecule has 132 valence electrons. The fourth-order valence-electron chi connectivity index (χ4n) is 3.39. The zero-order valence-electron chi connectivity index (χ0n) is 15.0. The second-order valence-electron chi connectivity index (χ2n) is 6.41. The molecule has 0 aliphatic rings. The first-order chi connectivity index (χ1) is 13.1. The average molecular weight is 353 g/mol. The van der Waals surface area contributed by atoms with Gasteiger partial charge >= 0.3 is 0 Å². The van der Waals surface area contributed by atoms with Gasteiger partial charge in [0.25, 0.3) is 5.91 Å². The second kappa shape index (κ2) is 6.96. The summed E-state index contributed by atoms with van der Waals surface area (Å²) < 4.78 is 5.99. The predicted molar refractivity (Wildman–Crippen MR) is 108 cm³/mol. The van der Waals surface area contributed by atoms with Crippen LogP contribution >= 0.6 is 0 Å². The number of aryl methyl sites for hydroxylation is 1. The molecular weight excluding hydrogens is 334 g/mol. The molecule has 0 bridgehead atoms. The standard InChI is InChI=1S/C24H19NO2/c1-16-21(24(25)26)22(23(27-16)18-11-6-3-7-12-18)20-14-8-13-19(15-20)17-9-4-2-5-10-17/h2-15H,1H3,(H2,25,26). The molecule has 0 saturated heterocycles. The number of amides is 1. The predicted octanol–water partition coefficient (Wildman–Crippen LogP) is 5.69. The van der Waals surface area contributed by atoms with Crippen LogP contribution in [-0.2, 0) is 0 Å². The maximum absolute atomic E-state index is 12.2. The van der Waals surface area contributed by atoms with Gasteiger partial charge in [-0.15, -0.1) is 0 Å². The molecule has 0 radical (unpaired) electrons. The van der Waals surface area contributed by atoms with Crippen molar-refractivity contribution < 1.29 is 9.21 Å². The maximum atomic E-state index is 12.2. The summed E-state index contributed by atoms with van der Waals surface area (Å²) in [5, 5.41) is 0. The van der Waals surface area contributed by atoms with Crippen LogP contribution in [0.15, 0.2) is 89.3 Å². The number of rotatable bonds is 4. The molecule has 0 aliphatic heterocycles. The number of furan rings is 1. The van der Waals surface area contributed by atoms with Crippen LogP contribution in [0.1, 0.15) is 16.1 Å². The largest absolute Gasteiger partial charge is 0.460 e. The number of hydrogen-bond acceptors (Lipinski definition) is 2. The first-order valence-electron chi connectivity index (χ1n) is 8.79. The summed E-state index contributed by atoms with van der Waals surface area (Å²) in [6, 6.07) is 28.0. The molecule has 1 heterocycles. The Morgan fingerprint density at radius 1 is 0.741 bits per heavy atom. The molecule has 4 aromatic rings. The topological polar surface area (TPSA) is 56.2 Å². The summed E-state index contributed by atoms with van der Waals surface area (Å²) in [7, 11) is 0. The highest BCUT2D eigenvalue weighted by Crippen LogP contribution is 2.40. The van der Waals surface area contributed by atoms with Crippen LogP contribution in [0.25, 0.3) is 33.6 Å². The molecule has 3 nitrogen and oxygen atoms in total. The molecule has 0 aliphatic carbocycles. The number of primary amides is 1. The van der Waals surface area contributed by atoms with E-state index in [0.29, 0.717) is 17.1 Å². The van der Waals surface area contributed by atoms with Crippen LogP contribution in [0.2, 0.25) is 0 Å². The van der Waals surface area contributed by atoms with Crippen molar-refractivity contribution in [2.75, 3.05) is 0 Å². The minimum Gasteiger partial charge on any atom is -0.460 e. The highest BCUT2D eigenvalue weighted by atomic mass is 16.3. The minimum atomic E-state index is -0.487. The number of nitrogens with two attached hydrogens (primary N) is 1. The van der Waals surface area contributed by atoms with E-state index >= 15 is 0 Å². The third-order valence-corrected chi connectivity index (χ3v) is 4.63. The van der Waals surface area contributed by atoms with Gasteiger partial charge in [0, 0.05) is 11.1 Å². The lowest BCUT2D eigenvalue weighted by Gasteiger charge is -2.08. The smallest absolute Gasteiger partial charge is 0.252 e. The number of benzene rings is 3. The van der Waals surface area contributed by atoms with E-state index in [-0.39, 0.29) is 0 Å². The number of carbonyl (C=O) groups excluding carboxylic acids is 1. The molecule has 3 heteroatoms. The fraction of sp³-hybridized carbons (Fsp3) is 0.0417. The van der Waals surface area contributed by atoms with Crippen LogP contribution < -0.4 is 5.73 Å². The van der Waals surface area contributed by atoms with Gasteiger partial charge in [-0.25, -0.2) is 0 Å². The molecule has 0 fully saturated rings. The Labute approximate surface area is 158 Å². The molecule has 0 atom stereocenters. The summed E-state index contributed by atoms with van der Waals surface area (Å²) in [4.78, 5) is 12.2. The highest BCUT2D eigenvalue weighted by molar-refractivity contribution is 6.04. The van der Waals surface area contributed by atoms with E-state index in [4.69, 9.17) is 10.2 Å². The quantitative estimate of drug-likeness (QED) is 0.512. The van der Waals surface area contributed by atoms with Crippen LogP contribution in [-0.4, -0.2) is 5.91 Å². The van der Waals surface area contributed by atoms with Crippen molar-refractivity contribution in [3.05, 3.63) is 96.3 Å². The summed E-state index contributed by atoms with van der Waals surface area (Å²) in [6.45, 7) is 1.77. The molecule has 4 rings (SSSR count). The van der Waals surface area contributed by atoms with E-state index in [1.165, 1.54) is 0 Å². The van der Waals surface area contributed by atoms with E-state index in [2.05, 4.69) is 24.3 Å². The van der Waals surface area contributed by atoms with Gasteiger partial charge in [0.1, 0.15) is 11.5 Å². The molecule has 0 saturated carbocycles. The third kappa shape index (κ3) is 3.15. The van der Waals surface area contributed by atoms with Crippen molar-refractivity contribution in [2.24, 2.45) is 5.73 Å². The van der Waals surface area contributed by atoms with Gasteiger partial charge in [-0.2, -0.15) is 0 Å². The van der Waals surface area contributed by atoms with Crippen molar-refractivity contribution in [2.45, 2.75) is 6.92 Å². The Morgan fingerprint density at radius 3 is 1.93 bits per heavy atom. The summed E-state index contributed by atoms with van der Waals surface area (Å²) in [5.41, 5.74) is 10.9. The maximum Gasteiger partial charge on any atom is 0.252 e. The van der Waals surface area contributed by atoms with Crippen LogP contribution in [0, 0.1) is 6.92 Å². The van der Waals surface area contributed by atoms with E-state index in [1.54, 1.807) is 6.92 Å². The number of carbonyl (C=O) groups is 1. The summed E-state index contributed by atoms with van der Waals surface area (Å²) >= 11 is 0. The van der Waals surface area contributed by atoms with Crippen LogP contribution in [0.5, 0.6) is 0 Å². The fourth-order valence-corrected chi connectivity index (χ4v) is 3.39. The highest BCUT2D eigenvalue weighted by Gasteiger charge is 2.24. The molecular formula is C24H19NO2. The van der Waals surface area contributed by atoms with Crippen molar-refractivity contribution in [1.82, 2.24) is 0 Å². The van der Waals surface area contributed by atoms with E-state index < -0.39 is 5.91 Å². The molecule has 3 aromatic carbocycles. The van der Waals surface area contributed by atoms with Crippen molar-refractivity contribution in [3.63, 3.8) is 0 Å². The van der Waals surface area contributed by atoms with E-state index in [0.717, 1.165) is 27.8 Å². The monoisotopic (exact) mass is 353 g/mol. The first kappa shape index (κ1) is 16.9. The Bertz CT molecular complexity index is 1100. The zero-order chi connectivity index (χ0) is 18.8. The lowest BCUT2D eigenvalue weighted by molar-refractivity contribution is 0.0999. The lowest BCUT2D eigenvalue weighted by atomic mass is 9.94. The van der Waals surface area contributed by atoms with Gasteiger partial charge in [-0.3, -0.25) is 4.79 Å². The second-order valence-corrected chi connectivity index (χ2v) is 6.41. The summed E-state index contributed by atoms with van der Waals surface area (Å²) in [6.07, 6.45) is 0. The molecule has 2 N–H and O–H groups in total. The first-order valence-corrected chi connectivity index (χ1v) is 8.79. The van der Waals surface area contributed by atoms with Crippen molar-refractivity contribution in [1.29, 1.82) is 0 Å². The Morgan fingerprint density at radius 2 is 1.30 bits per heavy atom. The normalized spacial score (nSPS) is 10.7. The molecule has 0 unspecified atom stereocenters. The number of hydrogen-bond donors (Lipinski definition) is 1. The minimum absolute atomic E-state index is 0.430. The average Bonchev–Trinajstić information content (AvgIpc) is 3.07.